The molecule has 7 heteroatoms. The van der Waals surface area contributed by atoms with Crippen LogP contribution < -0.4 is 4.90 Å². The second kappa shape index (κ2) is 7.97. The summed E-state index contributed by atoms with van der Waals surface area (Å²) in [5.74, 6) is -0.213. The molecular formula is C19H25N4O2S+. The average molecular weight is 374 g/mol. The van der Waals surface area contributed by atoms with Crippen LogP contribution in [0.25, 0.3) is 10.6 Å². The predicted octanol–water partition coefficient (Wildman–Crippen LogP) is 0.547. The molecule has 3 rings (SSSR count). The van der Waals surface area contributed by atoms with E-state index < -0.39 is 0 Å². The number of aromatic nitrogens is 1. The molecule has 1 fully saturated rings. The Morgan fingerprint density at radius 2 is 1.88 bits per heavy atom. The number of benzene rings is 1. The van der Waals surface area contributed by atoms with Gasteiger partial charge in [-0.2, -0.15) is 0 Å². The van der Waals surface area contributed by atoms with Crippen molar-refractivity contribution in [1.29, 1.82) is 0 Å². The van der Waals surface area contributed by atoms with Gasteiger partial charge in [0, 0.05) is 18.0 Å². The van der Waals surface area contributed by atoms with Gasteiger partial charge in [0.1, 0.15) is 10.7 Å². The number of piperazine rings is 1. The lowest BCUT2D eigenvalue weighted by Crippen LogP contribution is -3.12. The molecule has 1 N–H and O–H groups in total. The topological polar surface area (TPSA) is 58.0 Å². The summed E-state index contributed by atoms with van der Waals surface area (Å²) >= 11 is 1.44. The van der Waals surface area contributed by atoms with E-state index in [0.717, 1.165) is 36.8 Å². The lowest BCUT2D eigenvalue weighted by molar-refractivity contribution is -0.883. The van der Waals surface area contributed by atoms with E-state index in [9.17, 15) is 9.59 Å². The Morgan fingerprint density at radius 3 is 2.54 bits per heavy atom. The first kappa shape index (κ1) is 18.5. The molecule has 1 saturated heterocycles. The quantitative estimate of drug-likeness (QED) is 0.851. The van der Waals surface area contributed by atoms with Crippen LogP contribution in [0.15, 0.2) is 29.6 Å². The van der Waals surface area contributed by atoms with Gasteiger partial charge in [-0.3, -0.25) is 9.59 Å². The molecule has 1 aliphatic heterocycles. The number of aryl methyl sites for hydroxylation is 1. The molecule has 6 nitrogen and oxygen atoms in total. The summed E-state index contributed by atoms with van der Waals surface area (Å²) in [5.41, 5.74) is 2.58. The van der Waals surface area contributed by atoms with Crippen molar-refractivity contribution in [2.45, 2.75) is 6.92 Å². The average Bonchev–Trinajstić information content (AvgIpc) is 3.12. The lowest BCUT2D eigenvalue weighted by atomic mass is 10.2. The molecular weight excluding hydrogens is 348 g/mol. The molecule has 1 aromatic carbocycles. The van der Waals surface area contributed by atoms with Crippen molar-refractivity contribution >= 4 is 23.2 Å². The van der Waals surface area contributed by atoms with Crippen molar-refractivity contribution in [1.82, 2.24) is 14.8 Å². The van der Waals surface area contributed by atoms with Crippen molar-refractivity contribution < 1.29 is 14.5 Å². The fourth-order valence-electron chi connectivity index (χ4n) is 2.91. The van der Waals surface area contributed by atoms with Crippen LogP contribution in [0.5, 0.6) is 0 Å². The van der Waals surface area contributed by atoms with E-state index in [1.54, 1.807) is 12.4 Å². The second-order valence-corrected chi connectivity index (χ2v) is 7.76. The molecule has 2 heterocycles. The molecule has 2 aromatic rings. The number of carbonyl (C=O) groups excluding carboxylic acids is 2. The lowest BCUT2D eigenvalue weighted by Gasteiger charge is -2.31. The fraction of sp³-hybridized carbons (Fsp3) is 0.421. The van der Waals surface area contributed by atoms with Gasteiger partial charge in [-0.25, -0.2) is 4.98 Å². The smallest absolute Gasteiger partial charge is 0.273 e. The maximum absolute atomic E-state index is 12.6. The minimum atomic E-state index is -0.215. The van der Waals surface area contributed by atoms with E-state index in [0.29, 0.717) is 5.69 Å². The van der Waals surface area contributed by atoms with Crippen LogP contribution in [-0.4, -0.2) is 73.4 Å². The maximum Gasteiger partial charge on any atom is 0.273 e. The van der Waals surface area contributed by atoms with Crippen molar-refractivity contribution in [2.24, 2.45) is 0 Å². The number of carbonyl (C=O) groups is 2. The number of nitrogens with one attached hydrogen (secondary N) is 1. The summed E-state index contributed by atoms with van der Waals surface area (Å²) < 4.78 is 0. The summed E-state index contributed by atoms with van der Waals surface area (Å²) in [6.07, 6.45) is 0. The number of nitrogens with zero attached hydrogens (tertiary/aromatic N) is 3. The number of likely N-dealkylation sites (N-methyl/N-ethyl adjacent to an activating group) is 2. The zero-order valence-electron chi connectivity index (χ0n) is 15.5. The van der Waals surface area contributed by atoms with Crippen LogP contribution in [0.3, 0.4) is 0 Å². The molecule has 0 unspecified atom stereocenters. The van der Waals surface area contributed by atoms with Crippen LogP contribution >= 0.6 is 11.3 Å². The highest BCUT2D eigenvalue weighted by Gasteiger charge is 2.24. The first-order chi connectivity index (χ1) is 12.4. The largest absolute Gasteiger partial charge is 0.334 e. The van der Waals surface area contributed by atoms with Gasteiger partial charge in [0.05, 0.1) is 39.8 Å². The zero-order chi connectivity index (χ0) is 18.7. The first-order valence-corrected chi connectivity index (χ1v) is 9.69. The van der Waals surface area contributed by atoms with Crippen molar-refractivity contribution in [3.05, 3.63) is 40.9 Å². The first-order valence-electron chi connectivity index (χ1n) is 8.81. The van der Waals surface area contributed by atoms with E-state index in [2.05, 4.69) is 12.0 Å². The van der Waals surface area contributed by atoms with Crippen LogP contribution in [0, 0.1) is 6.92 Å². The van der Waals surface area contributed by atoms with Gasteiger partial charge in [-0.05, 0) is 6.92 Å². The zero-order valence-corrected chi connectivity index (χ0v) is 16.3. The van der Waals surface area contributed by atoms with E-state index in [-0.39, 0.29) is 18.4 Å². The third-order valence-electron chi connectivity index (χ3n) is 4.71. The molecule has 138 valence electrons. The number of hydrogen-bond acceptors (Lipinski definition) is 4. The van der Waals surface area contributed by atoms with Gasteiger partial charge in [0.25, 0.3) is 5.91 Å². The van der Waals surface area contributed by atoms with Crippen molar-refractivity contribution in [3.63, 3.8) is 0 Å². The van der Waals surface area contributed by atoms with Crippen LogP contribution in [0.1, 0.15) is 16.1 Å². The Balaban J connectivity index is 1.61. The molecule has 2 amide bonds. The molecule has 0 aliphatic carbocycles. The highest BCUT2D eigenvalue weighted by Crippen LogP contribution is 2.24. The number of hydrogen-bond donors (Lipinski definition) is 1. The fourth-order valence-corrected chi connectivity index (χ4v) is 3.71. The number of rotatable bonds is 4. The second-order valence-electron chi connectivity index (χ2n) is 6.90. The monoisotopic (exact) mass is 373 g/mol. The van der Waals surface area contributed by atoms with Crippen molar-refractivity contribution in [3.8, 4) is 10.6 Å². The summed E-state index contributed by atoms with van der Waals surface area (Å²) in [6.45, 7) is 5.54. The molecule has 1 aromatic heterocycles. The minimum Gasteiger partial charge on any atom is -0.334 e. The third kappa shape index (κ3) is 4.28. The van der Waals surface area contributed by atoms with E-state index >= 15 is 0 Å². The van der Waals surface area contributed by atoms with E-state index in [1.807, 2.05) is 36.1 Å². The molecule has 0 spiro atoms. The Hall–Kier alpha value is -2.25. The Morgan fingerprint density at radius 1 is 1.23 bits per heavy atom. The third-order valence-corrected chi connectivity index (χ3v) is 5.60. The van der Waals surface area contributed by atoms with Gasteiger partial charge in [-0.1, -0.05) is 29.8 Å². The molecule has 1 aliphatic rings. The van der Waals surface area contributed by atoms with E-state index in [4.69, 9.17) is 0 Å². The maximum atomic E-state index is 12.6. The number of amides is 2. The highest BCUT2D eigenvalue weighted by atomic mass is 32.1. The summed E-state index contributed by atoms with van der Waals surface area (Å²) in [7, 11) is 3.79. The van der Waals surface area contributed by atoms with E-state index in [1.165, 1.54) is 26.7 Å². The van der Waals surface area contributed by atoms with Crippen molar-refractivity contribution in [2.75, 3.05) is 46.8 Å². The number of thiazole rings is 1. The summed E-state index contributed by atoms with van der Waals surface area (Å²) in [4.78, 5) is 34.2. The molecule has 0 saturated carbocycles. The van der Waals surface area contributed by atoms with Gasteiger partial charge in [0.15, 0.2) is 0 Å². The van der Waals surface area contributed by atoms with Gasteiger partial charge < -0.3 is 14.7 Å². The normalized spacial score (nSPS) is 15.1. The van der Waals surface area contributed by atoms with Crippen LogP contribution in [0.2, 0.25) is 0 Å². The summed E-state index contributed by atoms with van der Waals surface area (Å²) in [6, 6.07) is 8.07. The standard InChI is InChI=1S/C19H24N4O2S/c1-14-4-6-15(7-5-14)18-20-16(13-26-18)19(25)22(3)12-17(24)23-10-8-21(2)9-11-23/h4-7,13H,8-12H2,1-3H3/p+1. The Bertz CT molecular complexity index is 779. The van der Waals surface area contributed by atoms with Crippen LogP contribution in [-0.2, 0) is 4.79 Å². The molecule has 0 atom stereocenters. The minimum absolute atomic E-state index is 0.00216. The Kier molecular flexibility index (Phi) is 5.68. The number of quaternary nitrogens is 1. The predicted molar refractivity (Wildman–Crippen MR) is 102 cm³/mol. The van der Waals surface area contributed by atoms with Gasteiger partial charge in [-0.15, -0.1) is 11.3 Å². The van der Waals surface area contributed by atoms with Gasteiger partial charge in [0.2, 0.25) is 5.91 Å². The van der Waals surface area contributed by atoms with Gasteiger partial charge >= 0.3 is 0 Å². The SMILES string of the molecule is Cc1ccc(-c2nc(C(=O)N(C)CC(=O)N3CC[NH+](C)CC3)cs2)cc1. The molecule has 0 bridgehead atoms. The molecule has 0 radical (unpaired) electrons. The Labute approximate surface area is 158 Å². The molecule has 26 heavy (non-hydrogen) atoms. The van der Waals surface area contributed by atoms with Crippen LogP contribution in [0.4, 0.5) is 0 Å². The summed E-state index contributed by atoms with van der Waals surface area (Å²) in [5, 5.41) is 2.58. The highest BCUT2D eigenvalue weighted by molar-refractivity contribution is 7.13.